The molecule has 3 heterocycles. The van der Waals surface area contributed by atoms with Crippen LogP contribution in [0.4, 0.5) is 0 Å². The molecule has 0 aromatic carbocycles. The van der Waals surface area contributed by atoms with Crippen LogP contribution in [0.5, 0.6) is 0 Å². The quantitative estimate of drug-likeness (QED) is 0.690. The average molecular weight is 317 g/mol. The molecule has 0 radical (unpaired) electrons. The molecule has 0 bridgehead atoms. The lowest BCUT2D eigenvalue weighted by Gasteiger charge is -1.99. The zero-order chi connectivity index (χ0) is 13.6. The molecule has 6 nitrogen and oxygen atoms in total. The van der Waals surface area contributed by atoms with E-state index >= 15 is 0 Å². The maximum atomic E-state index is 11.5. The number of hydrogen-bond donors (Lipinski definition) is 0. The predicted molar refractivity (Wildman–Crippen MR) is 72.9 cm³/mol. The first-order valence-corrected chi connectivity index (χ1v) is 8.57. The van der Waals surface area contributed by atoms with Gasteiger partial charge < -0.3 is 0 Å². The molecule has 0 aliphatic carbocycles. The first kappa shape index (κ1) is 12.6. The van der Waals surface area contributed by atoms with Gasteiger partial charge in [0.1, 0.15) is 4.90 Å². The number of thiazole rings is 1. The Morgan fingerprint density at radius 2 is 2.26 bits per heavy atom. The van der Waals surface area contributed by atoms with E-state index in [0.717, 1.165) is 16.9 Å². The molecule has 0 unspecified atom stereocenters. The molecule has 100 valence electrons. The zero-order valence-electron chi connectivity index (χ0n) is 9.82. The Kier molecular flexibility index (Phi) is 2.88. The normalized spacial score (nSPS) is 12.3. The smallest absolute Gasteiger partial charge is 0.195 e. The number of alkyl halides is 1. The minimum Gasteiger partial charge on any atom is -0.291 e. The highest BCUT2D eigenvalue weighted by Crippen LogP contribution is 2.22. The van der Waals surface area contributed by atoms with Crippen LogP contribution in [0.3, 0.4) is 0 Å². The second-order valence-corrected chi connectivity index (χ2v) is 7.12. The van der Waals surface area contributed by atoms with Crippen LogP contribution < -0.4 is 0 Å². The molecule has 0 N–H and O–H groups in total. The summed E-state index contributed by atoms with van der Waals surface area (Å²) < 4.78 is 26.2. The number of nitrogens with zero attached hydrogens (tertiary/aromatic N) is 4. The van der Waals surface area contributed by atoms with Crippen LogP contribution in [0.2, 0.25) is 0 Å². The standard InChI is InChI=1S/C10H9ClN4O2S2/c1-19(16,17)7-5-12-15(6-7)9-8(4-11)14-2-3-18-10(14)13-9/h2-3,5-6H,4H2,1H3. The van der Waals surface area contributed by atoms with Crippen LogP contribution in [-0.4, -0.2) is 33.8 Å². The van der Waals surface area contributed by atoms with Crippen molar-refractivity contribution in [2.75, 3.05) is 6.26 Å². The van der Waals surface area contributed by atoms with Gasteiger partial charge in [-0.2, -0.15) is 10.1 Å². The molecule has 3 rings (SSSR count). The van der Waals surface area contributed by atoms with Gasteiger partial charge in [-0.1, -0.05) is 0 Å². The van der Waals surface area contributed by atoms with Crippen LogP contribution in [0, 0.1) is 0 Å². The number of halogens is 1. The van der Waals surface area contributed by atoms with Gasteiger partial charge in [0.15, 0.2) is 20.6 Å². The maximum absolute atomic E-state index is 11.5. The Bertz CT molecular complexity index is 846. The van der Waals surface area contributed by atoms with Crippen LogP contribution in [0.1, 0.15) is 5.69 Å². The molecule has 3 aromatic rings. The van der Waals surface area contributed by atoms with Crippen molar-refractivity contribution in [2.24, 2.45) is 0 Å². The number of aromatic nitrogens is 4. The van der Waals surface area contributed by atoms with Gasteiger partial charge in [-0.3, -0.25) is 4.40 Å². The van der Waals surface area contributed by atoms with Crippen molar-refractivity contribution in [1.82, 2.24) is 19.2 Å². The van der Waals surface area contributed by atoms with Gasteiger partial charge in [-0.05, 0) is 0 Å². The molecule has 0 amide bonds. The zero-order valence-corrected chi connectivity index (χ0v) is 12.2. The Hall–Kier alpha value is -1.38. The Labute approximate surface area is 118 Å². The Morgan fingerprint density at radius 3 is 2.89 bits per heavy atom. The molecular weight excluding hydrogens is 308 g/mol. The van der Waals surface area contributed by atoms with E-state index in [-0.39, 0.29) is 10.8 Å². The van der Waals surface area contributed by atoms with Crippen molar-refractivity contribution in [2.45, 2.75) is 10.8 Å². The summed E-state index contributed by atoms with van der Waals surface area (Å²) in [5.41, 5.74) is 0.779. The second-order valence-electron chi connectivity index (χ2n) is 3.96. The molecule has 0 saturated heterocycles. The lowest BCUT2D eigenvalue weighted by atomic mass is 10.5. The van der Waals surface area contributed by atoms with Gasteiger partial charge in [0.2, 0.25) is 0 Å². The molecule has 0 fully saturated rings. The van der Waals surface area contributed by atoms with Crippen molar-refractivity contribution < 1.29 is 8.42 Å². The third kappa shape index (κ3) is 2.05. The van der Waals surface area contributed by atoms with Crippen molar-refractivity contribution in [3.8, 4) is 5.82 Å². The van der Waals surface area contributed by atoms with Gasteiger partial charge >= 0.3 is 0 Å². The number of fused-ring (bicyclic) bond motifs is 1. The maximum Gasteiger partial charge on any atom is 0.195 e. The molecular formula is C10H9ClN4O2S2. The lowest BCUT2D eigenvalue weighted by molar-refractivity contribution is 0.602. The number of hydrogen-bond acceptors (Lipinski definition) is 5. The highest BCUT2D eigenvalue weighted by molar-refractivity contribution is 7.90. The summed E-state index contributed by atoms with van der Waals surface area (Å²) in [6, 6.07) is 0. The summed E-state index contributed by atoms with van der Waals surface area (Å²) in [6.45, 7) is 0. The van der Waals surface area contributed by atoms with Gasteiger partial charge in [-0.15, -0.1) is 22.9 Å². The molecule has 0 spiro atoms. The van der Waals surface area contributed by atoms with E-state index in [1.165, 1.54) is 28.4 Å². The van der Waals surface area contributed by atoms with Gasteiger partial charge in [0.05, 0.1) is 24.0 Å². The van der Waals surface area contributed by atoms with Crippen molar-refractivity contribution in [1.29, 1.82) is 0 Å². The van der Waals surface area contributed by atoms with Crippen molar-refractivity contribution >= 4 is 37.7 Å². The minimum absolute atomic E-state index is 0.157. The Morgan fingerprint density at radius 1 is 1.47 bits per heavy atom. The summed E-state index contributed by atoms with van der Waals surface area (Å²) in [6.07, 6.45) is 5.76. The third-order valence-corrected chi connectivity index (χ3v) is 4.75. The SMILES string of the molecule is CS(=O)(=O)c1cnn(-c2nc3sccn3c2CCl)c1. The first-order chi connectivity index (χ1) is 9.00. The van der Waals surface area contributed by atoms with Crippen LogP contribution in [0.25, 0.3) is 10.8 Å². The summed E-state index contributed by atoms with van der Waals surface area (Å²) in [5.74, 6) is 0.818. The third-order valence-electron chi connectivity index (χ3n) is 2.67. The fourth-order valence-corrected chi connectivity index (χ4v) is 3.25. The molecule has 0 aliphatic heterocycles. The van der Waals surface area contributed by atoms with E-state index in [4.69, 9.17) is 11.6 Å². The summed E-state index contributed by atoms with van der Waals surface area (Å²) in [5, 5.41) is 5.95. The lowest BCUT2D eigenvalue weighted by Crippen LogP contribution is -2.00. The van der Waals surface area contributed by atoms with Gasteiger partial charge in [0, 0.05) is 17.8 Å². The highest BCUT2D eigenvalue weighted by atomic mass is 35.5. The first-order valence-electron chi connectivity index (χ1n) is 5.26. The fourth-order valence-electron chi connectivity index (χ4n) is 1.74. The number of sulfone groups is 1. The van der Waals surface area contributed by atoms with Crippen LogP contribution >= 0.6 is 22.9 Å². The van der Waals surface area contributed by atoms with E-state index in [0.29, 0.717) is 5.82 Å². The second kappa shape index (κ2) is 4.32. The van der Waals surface area contributed by atoms with Crippen LogP contribution in [-0.2, 0) is 15.7 Å². The predicted octanol–water partition coefficient (Wildman–Crippen LogP) is 1.72. The highest BCUT2D eigenvalue weighted by Gasteiger charge is 2.17. The van der Waals surface area contributed by atoms with E-state index in [2.05, 4.69) is 10.1 Å². The molecule has 9 heteroatoms. The van der Waals surface area contributed by atoms with Gasteiger partial charge in [0.25, 0.3) is 0 Å². The van der Waals surface area contributed by atoms with Crippen molar-refractivity contribution in [3.05, 3.63) is 29.7 Å². The van der Waals surface area contributed by atoms with E-state index in [9.17, 15) is 8.42 Å². The average Bonchev–Trinajstić information content (AvgIpc) is 3.01. The van der Waals surface area contributed by atoms with E-state index in [1.807, 2.05) is 16.0 Å². The number of rotatable bonds is 3. The minimum atomic E-state index is -3.27. The molecule has 0 aliphatic rings. The molecule has 0 atom stereocenters. The fraction of sp³-hybridized carbons (Fsp3) is 0.200. The van der Waals surface area contributed by atoms with Crippen LogP contribution in [0.15, 0.2) is 28.9 Å². The molecule has 19 heavy (non-hydrogen) atoms. The molecule has 0 saturated carbocycles. The molecule has 3 aromatic heterocycles. The topological polar surface area (TPSA) is 69.3 Å². The van der Waals surface area contributed by atoms with Crippen molar-refractivity contribution in [3.63, 3.8) is 0 Å². The van der Waals surface area contributed by atoms with E-state index < -0.39 is 9.84 Å². The Balaban J connectivity index is 2.19. The summed E-state index contributed by atoms with van der Waals surface area (Å²) in [7, 11) is -3.27. The van der Waals surface area contributed by atoms with E-state index in [1.54, 1.807) is 0 Å². The monoisotopic (exact) mass is 316 g/mol. The summed E-state index contributed by atoms with van der Waals surface area (Å²) >= 11 is 7.42. The number of imidazole rings is 1. The largest absolute Gasteiger partial charge is 0.291 e. The van der Waals surface area contributed by atoms with Gasteiger partial charge in [-0.25, -0.2) is 13.1 Å². The summed E-state index contributed by atoms with van der Waals surface area (Å²) in [4.78, 5) is 5.36.